The lowest BCUT2D eigenvalue weighted by Crippen LogP contribution is -2.18. The first-order valence-corrected chi connectivity index (χ1v) is 17.7. The van der Waals surface area contributed by atoms with E-state index in [0.29, 0.717) is 23.5 Å². The normalized spacial score (nSPS) is 13.0. The molecule has 2 atom stereocenters. The number of benzene rings is 4. The number of aryl methyl sites for hydroxylation is 3. The van der Waals surface area contributed by atoms with Gasteiger partial charge in [-0.1, -0.05) is 113 Å². The highest BCUT2D eigenvalue weighted by Gasteiger charge is 2.25. The zero-order valence-corrected chi connectivity index (χ0v) is 29.1. The Bertz CT molecular complexity index is 1910. The molecule has 0 aliphatic heterocycles. The summed E-state index contributed by atoms with van der Waals surface area (Å²) < 4.78 is 2.42. The molecule has 1 heterocycles. The molecular weight excluding hydrogens is 580 g/mol. The van der Waals surface area contributed by atoms with Crippen LogP contribution in [-0.2, 0) is 6.54 Å². The zero-order valence-electron chi connectivity index (χ0n) is 29.1. The third-order valence-electron chi connectivity index (χ3n) is 10.0. The summed E-state index contributed by atoms with van der Waals surface area (Å²) in [6.07, 6.45) is 9.00. The molecule has 0 amide bonds. The highest BCUT2D eigenvalue weighted by atomic mass is 16.3. The number of rotatable bonds is 16. The van der Waals surface area contributed by atoms with E-state index in [2.05, 4.69) is 67.8 Å². The molecule has 4 aromatic carbocycles. The van der Waals surface area contributed by atoms with Crippen molar-refractivity contribution in [3.05, 3.63) is 99.0 Å². The molecular formula is C42H50N2O3. The summed E-state index contributed by atoms with van der Waals surface area (Å²) in [6.45, 7) is 13.6. The number of carbonyl (C=O) groups excluding carboxylic acids is 2. The second-order valence-corrected chi connectivity index (χ2v) is 13.6. The number of unbranched alkanes of at least 4 members (excludes halogenated alkanes) is 4. The largest absolute Gasteiger partial charge is 0.340 e. The van der Waals surface area contributed by atoms with Gasteiger partial charge in [-0.25, -0.2) is 0 Å². The third-order valence-corrected chi connectivity index (χ3v) is 10.0. The predicted molar refractivity (Wildman–Crippen MR) is 197 cm³/mol. The van der Waals surface area contributed by atoms with Gasteiger partial charge in [0.1, 0.15) is 0 Å². The van der Waals surface area contributed by atoms with Gasteiger partial charge in [0.15, 0.2) is 17.6 Å². The van der Waals surface area contributed by atoms with E-state index >= 15 is 0 Å². The quantitative estimate of drug-likeness (QED) is 0.0619. The standard InChI is InChI=1S/C42H50N2O3/c1-7-10-12-13-19-37(43-47)41(45)31-20-21-38-34(24-31)35-25-36(42(46)39-28(5)22-27(4)23-29(39)6)32-17-14-15-18-33(32)40(35)44(38)26-30(9-3)16-11-8-2/h14-15,17-18,20-25,30,37H,7-13,16,19,26H2,1-6H3. The van der Waals surface area contributed by atoms with Crippen LogP contribution in [0.3, 0.4) is 0 Å². The Morgan fingerprint density at radius 1 is 0.745 bits per heavy atom. The minimum Gasteiger partial charge on any atom is -0.340 e. The van der Waals surface area contributed by atoms with Crippen molar-refractivity contribution in [1.82, 2.24) is 4.57 Å². The maximum Gasteiger partial charge on any atom is 0.194 e. The van der Waals surface area contributed by atoms with Crippen LogP contribution < -0.4 is 0 Å². The summed E-state index contributed by atoms with van der Waals surface area (Å²) in [4.78, 5) is 40.0. The topological polar surface area (TPSA) is 68.5 Å². The Morgan fingerprint density at radius 2 is 1.45 bits per heavy atom. The summed E-state index contributed by atoms with van der Waals surface area (Å²) in [5.74, 6) is 0.286. The molecule has 0 saturated heterocycles. The number of fused-ring (bicyclic) bond motifs is 5. The van der Waals surface area contributed by atoms with E-state index in [1.807, 2.05) is 44.2 Å². The van der Waals surface area contributed by atoms with Crippen LogP contribution in [-0.4, -0.2) is 22.2 Å². The number of nitroso groups, excluding NO2 is 1. The molecule has 0 fully saturated rings. The van der Waals surface area contributed by atoms with Crippen LogP contribution in [0.4, 0.5) is 0 Å². The second kappa shape index (κ2) is 15.2. The van der Waals surface area contributed by atoms with Crippen molar-refractivity contribution in [1.29, 1.82) is 0 Å². The average molecular weight is 631 g/mol. The molecule has 0 saturated carbocycles. The van der Waals surface area contributed by atoms with Gasteiger partial charge in [0.25, 0.3) is 0 Å². The fraction of sp³-hybridized carbons (Fsp3) is 0.429. The summed E-state index contributed by atoms with van der Waals surface area (Å²) in [5, 5.41) is 7.14. The SMILES string of the molecule is CCCCCCC(N=O)C(=O)c1ccc2c(c1)c1cc(C(=O)c3c(C)cc(C)cc3C)c3ccccc3c1n2CC(CC)CCCC. The molecule has 0 radical (unpaired) electrons. The van der Waals surface area contributed by atoms with Gasteiger partial charge in [-0.3, -0.25) is 9.59 Å². The molecule has 246 valence electrons. The van der Waals surface area contributed by atoms with Crippen molar-refractivity contribution in [3.8, 4) is 0 Å². The lowest BCUT2D eigenvalue weighted by molar-refractivity contribution is 0.0956. The number of carbonyl (C=O) groups is 2. The molecule has 5 nitrogen and oxygen atoms in total. The molecule has 2 unspecified atom stereocenters. The number of hydrogen-bond donors (Lipinski definition) is 0. The second-order valence-electron chi connectivity index (χ2n) is 13.6. The van der Waals surface area contributed by atoms with E-state index in [1.165, 1.54) is 6.42 Å². The number of aromatic nitrogens is 1. The van der Waals surface area contributed by atoms with Crippen LogP contribution in [0.1, 0.15) is 122 Å². The Morgan fingerprint density at radius 3 is 2.11 bits per heavy atom. The van der Waals surface area contributed by atoms with Crippen LogP contribution in [0.2, 0.25) is 0 Å². The number of ketones is 2. The lowest BCUT2D eigenvalue weighted by atomic mass is 9.89. The zero-order chi connectivity index (χ0) is 33.7. The van der Waals surface area contributed by atoms with Crippen molar-refractivity contribution < 1.29 is 9.59 Å². The Labute approximate surface area is 279 Å². The first-order valence-electron chi connectivity index (χ1n) is 17.7. The predicted octanol–water partition coefficient (Wildman–Crippen LogP) is 11.6. The first-order chi connectivity index (χ1) is 22.7. The van der Waals surface area contributed by atoms with Crippen LogP contribution in [0.5, 0.6) is 0 Å². The maximum atomic E-state index is 14.5. The van der Waals surface area contributed by atoms with Gasteiger partial charge in [-0.15, -0.1) is 0 Å². The van der Waals surface area contributed by atoms with Crippen LogP contribution in [0.25, 0.3) is 32.6 Å². The molecule has 0 aliphatic carbocycles. The Kier molecular flexibility index (Phi) is 11.1. The van der Waals surface area contributed by atoms with Crippen molar-refractivity contribution in [2.75, 3.05) is 0 Å². The van der Waals surface area contributed by atoms with E-state index in [4.69, 9.17) is 0 Å². The molecule has 0 N–H and O–H groups in total. The van der Waals surface area contributed by atoms with Gasteiger partial charge >= 0.3 is 0 Å². The first kappa shape index (κ1) is 34.2. The van der Waals surface area contributed by atoms with E-state index in [0.717, 1.165) is 106 Å². The number of hydrogen-bond acceptors (Lipinski definition) is 4. The maximum absolute atomic E-state index is 14.5. The highest BCUT2D eigenvalue weighted by molar-refractivity contribution is 6.26. The van der Waals surface area contributed by atoms with Gasteiger partial charge in [0.05, 0.1) is 5.52 Å². The number of Topliss-reactive ketones (excluding diaryl/α,β-unsaturated/α-hetero) is 1. The summed E-state index contributed by atoms with van der Waals surface area (Å²) in [5.41, 5.74) is 7.13. The van der Waals surface area contributed by atoms with Crippen LogP contribution in [0, 0.1) is 31.6 Å². The van der Waals surface area contributed by atoms with Crippen molar-refractivity contribution >= 4 is 44.1 Å². The monoisotopic (exact) mass is 630 g/mol. The van der Waals surface area contributed by atoms with Crippen LogP contribution in [0.15, 0.2) is 65.8 Å². The molecule has 0 spiro atoms. The fourth-order valence-corrected chi connectivity index (χ4v) is 7.53. The van der Waals surface area contributed by atoms with Crippen molar-refractivity contribution in [2.24, 2.45) is 11.1 Å². The molecule has 0 aliphatic rings. The minimum absolute atomic E-state index is 0.0120. The Hall–Kier alpha value is -4.12. The molecule has 5 heteroatoms. The molecule has 5 aromatic rings. The molecule has 1 aromatic heterocycles. The van der Waals surface area contributed by atoms with Gasteiger partial charge in [0.2, 0.25) is 0 Å². The molecule has 5 rings (SSSR count). The minimum atomic E-state index is -0.887. The molecule has 0 bridgehead atoms. The van der Waals surface area contributed by atoms with E-state index < -0.39 is 6.04 Å². The van der Waals surface area contributed by atoms with E-state index in [9.17, 15) is 14.5 Å². The summed E-state index contributed by atoms with van der Waals surface area (Å²) in [7, 11) is 0. The lowest BCUT2D eigenvalue weighted by Gasteiger charge is -2.19. The van der Waals surface area contributed by atoms with Gasteiger partial charge < -0.3 is 4.57 Å². The Balaban J connectivity index is 1.75. The van der Waals surface area contributed by atoms with Gasteiger partial charge in [-0.2, -0.15) is 4.91 Å². The van der Waals surface area contributed by atoms with Gasteiger partial charge in [-0.05, 0) is 80.3 Å². The molecule has 47 heavy (non-hydrogen) atoms. The summed E-state index contributed by atoms with van der Waals surface area (Å²) >= 11 is 0. The van der Waals surface area contributed by atoms with E-state index in [-0.39, 0.29) is 11.6 Å². The van der Waals surface area contributed by atoms with E-state index in [1.54, 1.807) is 0 Å². The van der Waals surface area contributed by atoms with Crippen molar-refractivity contribution in [3.63, 3.8) is 0 Å². The van der Waals surface area contributed by atoms with Crippen LogP contribution >= 0.6 is 0 Å². The van der Waals surface area contributed by atoms with Crippen molar-refractivity contribution in [2.45, 2.75) is 112 Å². The highest BCUT2D eigenvalue weighted by Crippen LogP contribution is 2.39. The average Bonchev–Trinajstić information content (AvgIpc) is 3.37. The summed E-state index contributed by atoms with van der Waals surface area (Å²) in [6, 6.07) is 19.4. The third kappa shape index (κ3) is 6.95. The smallest absolute Gasteiger partial charge is 0.194 e. The van der Waals surface area contributed by atoms with Gasteiger partial charge in [0, 0.05) is 44.9 Å². The number of nitrogens with zero attached hydrogens (tertiary/aromatic N) is 2. The fourth-order valence-electron chi connectivity index (χ4n) is 7.53.